The molecule has 1 aliphatic rings. The predicted molar refractivity (Wildman–Crippen MR) is 89.4 cm³/mol. The topological polar surface area (TPSA) is 85.0 Å². The maximum atomic E-state index is 12.3. The van der Waals surface area contributed by atoms with E-state index in [2.05, 4.69) is 34.7 Å². The van der Waals surface area contributed by atoms with Crippen molar-refractivity contribution in [2.75, 3.05) is 0 Å². The van der Waals surface area contributed by atoms with Crippen LogP contribution < -0.4 is 10.6 Å². The Hall–Kier alpha value is -2.31. The number of nitrogens with zero attached hydrogens (tertiary/aromatic N) is 3. The molecule has 1 unspecified atom stereocenters. The second-order valence-electron chi connectivity index (χ2n) is 7.19. The van der Waals surface area contributed by atoms with Crippen LogP contribution in [0.1, 0.15) is 56.1 Å². The van der Waals surface area contributed by atoms with E-state index in [1.165, 1.54) is 0 Å². The number of carbonyl (C=O) groups excluding carboxylic acids is 1. The van der Waals surface area contributed by atoms with Crippen LogP contribution in [0.3, 0.4) is 0 Å². The van der Waals surface area contributed by atoms with E-state index in [9.17, 15) is 4.79 Å². The van der Waals surface area contributed by atoms with Crippen LogP contribution in [0.2, 0.25) is 0 Å². The Morgan fingerprint density at radius 3 is 3.04 bits per heavy atom. The first kappa shape index (κ1) is 16.5. The summed E-state index contributed by atoms with van der Waals surface area (Å²) in [4.78, 5) is 12.3. The monoisotopic (exact) mass is 331 g/mol. The molecule has 0 aliphatic heterocycles. The Kier molecular flexibility index (Phi) is 4.34. The lowest BCUT2D eigenvalue weighted by Gasteiger charge is -2.34. The number of furan rings is 1. The molecule has 0 radical (unpaired) electrons. The minimum absolute atomic E-state index is 0.0368. The first-order valence-corrected chi connectivity index (χ1v) is 8.38. The molecule has 24 heavy (non-hydrogen) atoms. The van der Waals surface area contributed by atoms with E-state index in [1.54, 1.807) is 6.33 Å². The van der Waals surface area contributed by atoms with Crippen molar-refractivity contribution in [1.82, 2.24) is 25.4 Å². The van der Waals surface area contributed by atoms with Crippen molar-refractivity contribution in [3.05, 3.63) is 35.3 Å². The molecule has 0 saturated heterocycles. The van der Waals surface area contributed by atoms with Crippen molar-refractivity contribution in [2.45, 2.75) is 59.7 Å². The van der Waals surface area contributed by atoms with E-state index < -0.39 is 0 Å². The molecule has 0 bridgehead atoms. The fourth-order valence-corrected chi connectivity index (χ4v) is 3.36. The SMILES string of the molecule is CCn1cnnc1CNC(=O)NC1CC(C)(C)Cc2oc(C)cc21. The summed E-state index contributed by atoms with van der Waals surface area (Å²) in [5.41, 5.74) is 1.19. The summed E-state index contributed by atoms with van der Waals surface area (Å²) < 4.78 is 7.71. The molecule has 0 spiro atoms. The van der Waals surface area contributed by atoms with Crippen LogP contribution in [0.15, 0.2) is 16.8 Å². The van der Waals surface area contributed by atoms with Crippen LogP contribution in [0.5, 0.6) is 0 Å². The molecule has 0 saturated carbocycles. The summed E-state index contributed by atoms with van der Waals surface area (Å²) in [7, 11) is 0. The largest absolute Gasteiger partial charge is 0.466 e. The van der Waals surface area contributed by atoms with Gasteiger partial charge in [0.1, 0.15) is 17.8 Å². The molecule has 3 rings (SSSR count). The number of hydrogen-bond donors (Lipinski definition) is 2. The Morgan fingerprint density at radius 1 is 1.50 bits per heavy atom. The summed E-state index contributed by atoms with van der Waals surface area (Å²) in [6.45, 7) is 9.49. The number of urea groups is 1. The standard InChI is InChI=1S/C17H25N5O2/c1-5-22-10-19-21-15(22)9-18-16(23)20-13-7-17(3,4)8-14-12(13)6-11(2)24-14/h6,10,13H,5,7-9H2,1-4H3,(H2,18,20,23). The Morgan fingerprint density at radius 2 is 2.29 bits per heavy atom. The number of aryl methyl sites for hydroxylation is 2. The summed E-state index contributed by atoms with van der Waals surface area (Å²) in [6, 6.07) is 1.79. The lowest BCUT2D eigenvalue weighted by atomic mass is 9.75. The summed E-state index contributed by atoms with van der Waals surface area (Å²) in [5.74, 6) is 2.62. The van der Waals surface area contributed by atoms with Gasteiger partial charge in [0.2, 0.25) is 0 Å². The van der Waals surface area contributed by atoms with Gasteiger partial charge in [-0.3, -0.25) is 0 Å². The maximum Gasteiger partial charge on any atom is 0.315 e. The van der Waals surface area contributed by atoms with Crippen molar-refractivity contribution in [2.24, 2.45) is 5.41 Å². The molecule has 7 heteroatoms. The summed E-state index contributed by atoms with van der Waals surface area (Å²) >= 11 is 0. The van der Waals surface area contributed by atoms with Gasteiger partial charge in [-0.1, -0.05) is 13.8 Å². The van der Waals surface area contributed by atoms with Gasteiger partial charge in [-0.2, -0.15) is 0 Å². The Labute approximate surface area is 141 Å². The van der Waals surface area contributed by atoms with Crippen molar-refractivity contribution >= 4 is 6.03 Å². The van der Waals surface area contributed by atoms with E-state index >= 15 is 0 Å². The third-order valence-electron chi connectivity index (χ3n) is 4.48. The first-order chi connectivity index (χ1) is 11.4. The molecule has 2 aromatic heterocycles. The van der Waals surface area contributed by atoms with Crippen LogP contribution >= 0.6 is 0 Å². The van der Waals surface area contributed by atoms with Crippen LogP contribution in [0.25, 0.3) is 0 Å². The normalized spacial score (nSPS) is 18.9. The minimum Gasteiger partial charge on any atom is -0.466 e. The van der Waals surface area contributed by atoms with Gasteiger partial charge in [0.15, 0.2) is 5.82 Å². The fourth-order valence-electron chi connectivity index (χ4n) is 3.36. The highest BCUT2D eigenvalue weighted by atomic mass is 16.3. The van der Waals surface area contributed by atoms with E-state index in [4.69, 9.17) is 4.42 Å². The second kappa shape index (κ2) is 6.30. The van der Waals surface area contributed by atoms with Gasteiger partial charge >= 0.3 is 6.03 Å². The Balaban J connectivity index is 1.65. The lowest BCUT2D eigenvalue weighted by Crippen LogP contribution is -2.41. The predicted octanol–water partition coefficient (Wildman–Crippen LogP) is 2.71. The number of carbonyl (C=O) groups is 1. The number of rotatable bonds is 4. The van der Waals surface area contributed by atoms with Gasteiger partial charge in [0.05, 0.1) is 12.6 Å². The molecular weight excluding hydrogens is 306 g/mol. The number of hydrogen-bond acceptors (Lipinski definition) is 4. The maximum absolute atomic E-state index is 12.3. The lowest BCUT2D eigenvalue weighted by molar-refractivity contribution is 0.214. The van der Waals surface area contributed by atoms with Crippen LogP contribution in [-0.4, -0.2) is 20.8 Å². The van der Waals surface area contributed by atoms with Gasteiger partial charge in [-0.15, -0.1) is 10.2 Å². The summed E-state index contributed by atoms with van der Waals surface area (Å²) in [5, 5.41) is 13.8. The van der Waals surface area contributed by atoms with E-state index in [0.29, 0.717) is 6.54 Å². The average Bonchev–Trinajstić information content (AvgIpc) is 3.09. The molecule has 2 heterocycles. The highest BCUT2D eigenvalue weighted by Crippen LogP contribution is 2.41. The minimum atomic E-state index is -0.201. The van der Waals surface area contributed by atoms with Crippen molar-refractivity contribution < 1.29 is 9.21 Å². The van der Waals surface area contributed by atoms with Gasteiger partial charge in [-0.25, -0.2) is 4.79 Å². The Bertz CT molecular complexity index is 731. The second-order valence-corrected chi connectivity index (χ2v) is 7.19. The van der Waals surface area contributed by atoms with E-state index in [1.807, 2.05) is 24.5 Å². The van der Waals surface area contributed by atoms with Crippen molar-refractivity contribution in [3.8, 4) is 0 Å². The molecule has 2 N–H and O–H groups in total. The van der Waals surface area contributed by atoms with Crippen molar-refractivity contribution in [3.63, 3.8) is 0 Å². The highest BCUT2D eigenvalue weighted by molar-refractivity contribution is 5.74. The van der Waals surface area contributed by atoms with E-state index in [-0.39, 0.29) is 17.5 Å². The number of fused-ring (bicyclic) bond motifs is 1. The van der Waals surface area contributed by atoms with Crippen LogP contribution in [-0.2, 0) is 19.5 Å². The summed E-state index contributed by atoms with van der Waals surface area (Å²) in [6.07, 6.45) is 3.45. The average molecular weight is 331 g/mol. The molecule has 130 valence electrons. The quantitative estimate of drug-likeness (QED) is 0.902. The van der Waals surface area contributed by atoms with Crippen LogP contribution in [0, 0.1) is 12.3 Å². The molecule has 1 aliphatic carbocycles. The number of nitrogens with one attached hydrogen (secondary N) is 2. The third-order valence-corrected chi connectivity index (χ3v) is 4.48. The highest BCUT2D eigenvalue weighted by Gasteiger charge is 2.35. The third kappa shape index (κ3) is 3.44. The molecule has 0 aromatic carbocycles. The number of aromatic nitrogens is 3. The first-order valence-electron chi connectivity index (χ1n) is 8.38. The van der Waals surface area contributed by atoms with E-state index in [0.717, 1.165) is 42.3 Å². The smallest absolute Gasteiger partial charge is 0.315 e. The molecule has 0 fully saturated rings. The zero-order valence-electron chi connectivity index (χ0n) is 14.7. The molecule has 2 aromatic rings. The molecule has 2 amide bonds. The molecular formula is C17H25N5O2. The van der Waals surface area contributed by atoms with Gasteiger partial charge in [0.25, 0.3) is 0 Å². The van der Waals surface area contributed by atoms with Crippen LogP contribution in [0.4, 0.5) is 4.79 Å². The van der Waals surface area contributed by atoms with Gasteiger partial charge < -0.3 is 19.6 Å². The zero-order valence-corrected chi connectivity index (χ0v) is 14.7. The van der Waals surface area contributed by atoms with Gasteiger partial charge in [0, 0.05) is 18.5 Å². The zero-order chi connectivity index (χ0) is 17.3. The van der Waals surface area contributed by atoms with Gasteiger partial charge in [-0.05, 0) is 31.7 Å². The molecule has 1 atom stereocenters. The fraction of sp³-hybridized carbons (Fsp3) is 0.588. The van der Waals surface area contributed by atoms with Crippen molar-refractivity contribution in [1.29, 1.82) is 0 Å². The molecule has 7 nitrogen and oxygen atoms in total. The number of amides is 2.